The van der Waals surface area contributed by atoms with Gasteiger partial charge in [0.1, 0.15) is 4.99 Å². The van der Waals surface area contributed by atoms with Gasteiger partial charge in [0.2, 0.25) is 0 Å². The number of hydrogen-bond acceptors (Lipinski definition) is 3. The Kier molecular flexibility index (Phi) is 3.53. The van der Waals surface area contributed by atoms with Gasteiger partial charge in [-0.3, -0.25) is 0 Å². The predicted molar refractivity (Wildman–Crippen MR) is 74.6 cm³/mol. The van der Waals surface area contributed by atoms with E-state index in [4.69, 9.17) is 18.0 Å². The van der Waals surface area contributed by atoms with Crippen LogP contribution in [0.1, 0.15) is 5.56 Å². The fraction of sp³-hybridized carbons (Fsp3) is 0.0769. The molecule has 0 amide bonds. The van der Waals surface area contributed by atoms with E-state index in [0.29, 0.717) is 4.99 Å². The first-order valence-corrected chi connectivity index (χ1v) is 5.74. The first kappa shape index (κ1) is 12.4. The van der Waals surface area contributed by atoms with Crippen LogP contribution < -0.4 is 10.6 Å². The number of rotatable bonds is 3. The van der Waals surface area contributed by atoms with E-state index >= 15 is 0 Å². The summed E-state index contributed by atoms with van der Waals surface area (Å²) in [6, 6.07) is 10.2. The molecule has 0 unspecified atom stereocenters. The Morgan fingerprint density at radius 3 is 2.50 bits per heavy atom. The second-order valence-electron chi connectivity index (χ2n) is 3.78. The van der Waals surface area contributed by atoms with Crippen LogP contribution in [0.3, 0.4) is 0 Å². The van der Waals surface area contributed by atoms with E-state index in [9.17, 15) is 4.39 Å². The summed E-state index contributed by atoms with van der Waals surface area (Å²) in [6.45, 7) is 0. The van der Waals surface area contributed by atoms with Crippen molar-refractivity contribution in [2.24, 2.45) is 5.73 Å². The zero-order valence-electron chi connectivity index (χ0n) is 9.80. The standard InChI is InChI=1S/C13H12FN3S/c1-17(13-11(14)3-2-8-16-13)10-6-4-9(5-7-10)12(15)18/h2-8H,1H3,(H2,15,18). The highest BCUT2D eigenvalue weighted by Gasteiger charge is 2.10. The van der Waals surface area contributed by atoms with E-state index in [2.05, 4.69) is 4.98 Å². The molecule has 0 bridgehead atoms. The highest BCUT2D eigenvalue weighted by atomic mass is 32.1. The lowest BCUT2D eigenvalue weighted by Gasteiger charge is -2.18. The molecule has 2 rings (SSSR count). The molecular weight excluding hydrogens is 249 g/mol. The summed E-state index contributed by atoms with van der Waals surface area (Å²) >= 11 is 4.88. The molecule has 0 aliphatic heterocycles. The van der Waals surface area contributed by atoms with Gasteiger partial charge in [-0.25, -0.2) is 9.37 Å². The first-order valence-electron chi connectivity index (χ1n) is 5.33. The number of hydrogen-bond donors (Lipinski definition) is 1. The summed E-state index contributed by atoms with van der Waals surface area (Å²) in [5.41, 5.74) is 7.11. The van der Waals surface area contributed by atoms with Gasteiger partial charge < -0.3 is 10.6 Å². The molecule has 18 heavy (non-hydrogen) atoms. The van der Waals surface area contributed by atoms with Crippen molar-refractivity contribution in [1.82, 2.24) is 4.98 Å². The second kappa shape index (κ2) is 5.10. The highest BCUT2D eigenvalue weighted by Crippen LogP contribution is 2.23. The third-order valence-corrected chi connectivity index (χ3v) is 2.83. The third-order valence-electron chi connectivity index (χ3n) is 2.60. The van der Waals surface area contributed by atoms with Crippen molar-refractivity contribution in [3.05, 3.63) is 54.0 Å². The van der Waals surface area contributed by atoms with E-state index in [1.165, 1.54) is 6.07 Å². The fourth-order valence-corrected chi connectivity index (χ4v) is 1.73. The second-order valence-corrected chi connectivity index (χ2v) is 4.22. The summed E-state index contributed by atoms with van der Waals surface area (Å²) < 4.78 is 13.6. The molecule has 0 atom stereocenters. The lowest BCUT2D eigenvalue weighted by Crippen LogP contribution is -2.14. The molecule has 1 aromatic heterocycles. The van der Waals surface area contributed by atoms with Gasteiger partial charge in [0.05, 0.1) is 0 Å². The number of halogens is 1. The molecule has 0 saturated carbocycles. The largest absolute Gasteiger partial charge is 0.389 e. The van der Waals surface area contributed by atoms with Gasteiger partial charge in [0, 0.05) is 24.5 Å². The molecule has 1 heterocycles. The minimum atomic E-state index is -0.363. The van der Waals surface area contributed by atoms with E-state index in [1.807, 2.05) is 12.1 Å². The Balaban J connectivity index is 2.32. The first-order chi connectivity index (χ1) is 8.59. The van der Waals surface area contributed by atoms with Crippen LogP contribution in [0, 0.1) is 5.82 Å². The number of nitrogens with zero attached hydrogens (tertiary/aromatic N) is 2. The Hall–Kier alpha value is -2.01. The maximum atomic E-state index is 13.6. The summed E-state index contributed by atoms with van der Waals surface area (Å²) in [5, 5.41) is 0. The molecule has 3 nitrogen and oxygen atoms in total. The average Bonchev–Trinajstić information content (AvgIpc) is 2.38. The number of thiocarbonyl (C=S) groups is 1. The molecule has 0 spiro atoms. The molecular formula is C13H12FN3S. The summed E-state index contributed by atoms with van der Waals surface area (Å²) in [4.78, 5) is 6.02. The molecule has 0 aliphatic carbocycles. The highest BCUT2D eigenvalue weighted by molar-refractivity contribution is 7.80. The van der Waals surface area contributed by atoms with Crippen LogP contribution in [0.25, 0.3) is 0 Å². The zero-order chi connectivity index (χ0) is 13.1. The Labute approximate surface area is 110 Å². The van der Waals surface area contributed by atoms with Crippen molar-refractivity contribution < 1.29 is 4.39 Å². The van der Waals surface area contributed by atoms with Crippen molar-refractivity contribution in [2.45, 2.75) is 0 Å². The van der Waals surface area contributed by atoms with Gasteiger partial charge in [-0.15, -0.1) is 0 Å². The topological polar surface area (TPSA) is 42.1 Å². The van der Waals surface area contributed by atoms with E-state index in [1.54, 1.807) is 36.3 Å². The Morgan fingerprint density at radius 1 is 1.28 bits per heavy atom. The number of benzene rings is 1. The summed E-state index contributed by atoms with van der Waals surface area (Å²) in [6.07, 6.45) is 1.55. The number of aromatic nitrogens is 1. The number of nitrogens with two attached hydrogens (primary N) is 1. The summed E-state index contributed by atoms with van der Waals surface area (Å²) in [7, 11) is 1.75. The molecule has 5 heteroatoms. The smallest absolute Gasteiger partial charge is 0.169 e. The molecule has 92 valence electrons. The van der Waals surface area contributed by atoms with Gasteiger partial charge in [-0.1, -0.05) is 12.2 Å². The van der Waals surface area contributed by atoms with Crippen molar-refractivity contribution in [2.75, 3.05) is 11.9 Å². The molecule has 0 aliphatic rings. The molecule has 1 aromatic carbocycles. The fourth-order valence-electron chi connectivity index (χ4n) is 1.60. The van der Waals surface area contributed by atoms with Gasteiger partial charge >= 0.3 is 0 Å². The van der Waals surface area contributed by atoms with E-state index in [-0.39, 0.29) is 11.6 Å². The SMILES string of the molecule is CN(c1ccc(C(N)=S)cc1)c1ncccc1F. The molecule has 0 fully saturated rings. The van der Waals surface area contributed by atoms with Crippen molar-refractivity contribution >= 4 is 28.7 Å². The predicted octanol–water partition coefficient (Wildman–Crippen LogP) is 2.62. The van der Waals surface area contributed by atoms with Crippen molar-refractivity contribution in [1.29, 1.82) is 0 Å². The minimum absolute atomic E-state index is 0.278. The van der Waals surface area contributed by atoms with E-state index < -0.39 is 0 Å². The lowest BCUT2D eigenvalue weighted by atomic mass is 10.2. The normalized spacial score (nSPS) is 10.1. The molecule has 2 aromatic rings. The maximum Gasteiger partial charge on any atom is 0.169 e. The van der Waals surface area contributed by atoms with Crippen molar-refractivity contribution in [3.63, 3.8) is 0 Å². The lowest BCUT2D eigenvalue weighted by molar-refractivity contribution is 0.621. The monoisotopic (exact) mass is 261 g/mol. The van der Waals surface area contributed by atoms with Crippen LogP contribution in [0.4, 0.5) is 15.9 Å². The number of anilines is 2. The van der Waals surface area contributed by atoms with Crippen LogP contribution in [-0.4, -0.2) is 17.0 Å². The van der Waals surface area contributed by atoms with Crippen LogP contribution in [-0.2, 0) is 0 Å². The van der Waals surface area contributed by atoms with Gasteiger partial charge in [0.15, 0.2) is 11.6 Å². The summed E-state index contributed by atoms with van der Waals surface area (Å²) in [5.74, 6) is -0.0843. The molecule has 0 radical (unpaired) electrons. The van der Waals surface area contributed by atoms with Gasteiger partial charge in [-0.05, 0) is 36.4 Å². The van der Waals surface area contributed by atoms with E-state index in [0.717, 1.165) is 11.3 Å². The maximum absolute atomic E-state index is 13.6. The molecule has 0 saturated heterocycles. The van der Waals surface area contributed by atoms with Crippen LogP contribution in [0.15, 0.2) is 42.6 Å². The molecule has 2 N–H and O–H groups in total. The minimum Gasteiger partial charge on any atom is -0.389 e. The van der Waals surface area contributed by atoms with Crippen LogP contribution in [0.5, 0.6) is 0 Å². The van der Waals surface area contributed by atoms with Gasteiger partial charge in [-0.2, -0.15) is 0 Å². The zero-order valence-corrected chi connectivity index (χ0v) is 10.6. The average molecular weight is 261 g/mol. The Morgan fingerprint density at radius 2 is 1.94 bits per heavy atom. The Bertz CT molecular complexity index is 569. The van der Waals surface area contributed by atoms with Crippen LogP contribution >= 0.6 is 12.2 Å². The van der Waals surface area contributed by atoms with Crippen LogP contribution in [0.2, 0.25) is 0 Å². The quantitative estimate of drug-likeness (QED) is 0.862. The van der Waals surface area contributed by atoms with Crippen molar-refractivity contribution in [3.8, 4) is 0 Å². The van der Waals surface area contributed by atoms with Gasteiger partial charge in [0.25, 0.3) is 0 Å². The number of pyridine rings is 1. The third kappa shape index (κ3) is 2.46.